The normalized spacial score (nSPS) is 11.1. The summed E-state index contributed by atoms with van der Waals surface area (Å²) in [6, 6.07) is 5.20. The lowest BCUT2D eigenvalue weighted by Gasteiger charge is -2.10. The Kier molecular flexibility index (Phi) is 5.92. The van der Waals surface area contributed by atoms with Crippen molar-refractivity contribution >= 4 is 39.1 Å². The summed E-state index contributed by atoms with van der Waals surface area (Å²) in [6.07, 6.45) is -1.13. The molecule has 0 saturated heterocycles. The van der Waals surface area contributed by atoms with Gasteiger partial charge >= 0.3 is 18.2 Å². The number of aryl methyl sites for hydroxylation is 2. The molecule has 13 nitrogen and oxygen atoms in total. The van der Waals surface area contributed by atoms with Crippen molar-refractivity contribution in [2.24, 2.45) is 7.05 Å². The van der Waals surface area contributed by atoms with Crippen molar-refractivity contribution in [3.05, 3.63) is 30.1 Å². The summed E-state index contributed by atoms with van der Waals surface area (Å²) < 4.78 is 43.7. The number of sulfonamides is 1. The van der Waals surface area contributed by atoms with Gasteiger partial charge in [-0.05, 0) is 13.0 Å². The Morgan fingerprint density at radius 3 is 2.48 bits per heavy atom. The van der Waals surface area contributed by atoms with Crippen LogP contribution in [0, 0.1) is 6.92 Å². The van der Waals surface area contributed by atoms with E-state index in [2.05, 4.69) is 25.0 Å². The fourth-order valence-corrected chi connectivity index (χ4v) is 4.00. The molecule has 31 heavy (non-hydrogen) atoms. The van der Waals surface area contributed by atoms with Crippen molar-refractivity contribution in [2.45, 2.75) is 11.8 Å². The van der Waals surface area contributed by atoms with Gasteiger partial charge in [-0.2, -0.15) is 15.0 Å². The highest BCUT2D eigenvalue weighted by Gasteiger charge is 2.31. The number of carbonyl (C=O) groups excluding carboxylic acids is 2. The van der Waals surface area contributed by atoms with Crippen LogP contribution >= 0.6 is 0 Å². The number of anilines is 1. The van der Waals surface area contributed by atoms with Crippen LogP contribution in [0.5, 0.6) is 11.9 Å². The summed E-state index contributed by atoms with van der Waals surface area (Å²) in [5.74, 6) is -0.306. The third-order valence-corrected chi connectivity index (χ3v) is 5.37. The number of methoxy groups -OCH3 is 2. The highest BCUT2D eigenvalue weighted by molar-refractivity contribution is 7.90. The summed E-state index contributed by atoms with van der Waals surface area (Å²) in [6.45, 7) is 1.54. The molecule has 164 valence electrons. The van der Waals surface area contributed by atoms with Crippen LogP contribution < -0.4 is 19.5 Å². The molecular formula is C17H18N6O7S. The van der Waals surface area contributed by atoms with Crippen LogP contribution in [0.25, 0.3) is 10.9 Å². The third-order valence-electron chi connectivity index (χ3n) is 3.99. The molecule has 1 aromatic carbocycles. The van der Waals surface area contributed by atoms with Crippen LogP contribution in [-0.4, -0.2) is 54.3 Å². The predicted octanol–water partition coefficient (Wildman–Crippen LogP) is 1.34. The monoisotopic (exact) mass is 450 g/mol. The van der Waals surface area contributed by atoms with Crippen LogP contribution in [0.3, 0.4) is 0 Å². The first-order valence-electron chi connectivity index (χ1n) is 8.60. The van der Waals surface area contributed by atoms with Gasteiger partial charge in [-0.3, -0.25) is 5.32 Å². The third kappa shape index (κ3) is 4.48. The highest BCUT2D eigenvalue weighted by Crippen LogP contribution is 2.35. The lowest BCUT2D eigenvalue weighted by molar-refractivity contribution is 0.117. The topological polar surface area (TPSA) is 164 Å². The lowest BCUT2D eigenvalue weighted by atomic mass is 10.2. The Labute approximate surface area is 176 Å². The number of nitrogens with one attached hydrogen (secondary N) is 2. The summed E-state index contributed by atoms with van der Waals surface area (Å²) in [4.78, 5) is 35.2. The average Bonchev–Trinajstić information content (AvgIpc) is 2.99. The van der Waals surface area contributed by atoms with E-state index >= 15 is 0 Å². The van der Waals surface area contributed by atoms with Crippen LogP contribution in [0.4, 0.5) is 15.5 Å². The van der Waals surface area contributed by atoms with Crippen molar-refractivity contribution in [3.8, 4) is 11.9 Å². The number of fused-ring (bicyclic) bond motifs is 1. The van der Waals surface area contributed by atoms with E-state index in [1.54, 1.807) is 18.2 Å². The number of carbonyl (C=O) groups is 2. The van der Waals surface area contributed by atoms with Crippen molar-refractivity contribution in [1.82, 2.24) is 24.2 Å². The van der Waals surface area contributed by atoms with Crippen LogP contribution in [0.2, 0.25) is 0 Å². The average molecular weight is 450 g/mol. The number of urea groups is 1. The second kappa shape index (κ2) is 8.43. The Hall–Kier alpha value is -3.94. The first kappa shape index (κ1) is 21.8. The molecule has 0 aliphatic carbocycles. The van der Waals surface area contributed by atoms with E-state index in [1.165, 1.54) is 31.7 Å². The fraction of sp³-hybridized carbons (Fsp3) is 0.235. The molecule has 14 heteroatoms. The Balaban J connectivity index is 1.98. The zero-order valence-corrected chi connectivity index (χ0v) is 17.7. The maximum atomic E-state index is 13.0. The molecule has 0 aliphatic rings. The Morgan fingerprint density at radius 2 is 1.81 bits per heavy atom. The molecule has 2 heterocycles. The molecule has 0 radical (unpaired) electrons. The number of nitrogens with zero attached hydrogens (tertiary/aromatic N) is 4. The zero-order chi connectivity index (χ0) is 22.8. The summed E-state index contributed by atoms with van der Waals surface area (Å²) >= 11 is 0. The molecule has 3 aromatic rings. The van der Waals surface area contributed by atoms with Gasteiger partial charge in [0, 0.05) is 12.4 Å². The lowest BCUT2D eigenvalue weighted by Crippen LogP contribution is -2.35. The number of benzene rings is 1. The van der Waals surface area contributed by atoms with Gasteiger partial charge in [0.15, 0.2) is 4.90 Å². The summed E-state index contributed by atoms with van der Waals surface area (Å²) in [5.41, 5.74) is 0.444. The molecule has 0 unspecified atom stereocenters. The highest BCUT2D eigenvalue weighted by atomic mass is 32.2. The van der Waals surface area contributed by atoms with E-state index in [0.717, 1.165) is 7.11 Å². The molecule has 0 spiro atoms. The second-order valence-electron chi connectivity index (χ2n) is 6.02. The standard InChI is InChI=1S/C17H18N6O7S/c1-9-18-14(21-16(19-9)28-3)20-15(24)22-31(26,27)12-10-7-5-6-8-11(10)23(2)13(12)30-17(25)29-4/h5-8H,1-4H3,(H2,18,19,20,21,22,24). The van der Waals surface area contributed by atoms with Gasteiger partial charge in [0.1, 0.15) is 5.82 Å². The molecule has 3 rings (SSSR count). The van der Waals surface area contributed by atoms with E-state index in [1.807, 2.05) is 4.72 Å². The van der Waals surface area contributed by atoms with E-state index in [-0.39, 0.29) is 29.0 Å². The maximum absolute atomic E-state index is 13.0. The van der Waals surface area contributed by atoms with E-state index < -0.39 is 27.1 Å². The molecular weight excluding hydrogens is 432 g/mol. The van der Waals surface area contributed by atoms with Crippen LogP contribution in [0.15, 0.2) is 29.2 Å². The number of amides is 2. The Bertz CT molecular complexity index is 1270. The Morgan fingerprint density at radius 1 is 1.10 bits per heavy atom. The van der Waals surface area contributed by atoms with Gasteiger partial charge in [-0.25, -0.2) is 22.7 Å². The van der Waals surface area contributed by atoms with Gasteiger partial charge in [0.25, 0.3) is 10.0 Å². The molecule has 0 bridgehead atoms. The molecule has 0 atom stereocenters. The van der Waals surface area contributed by atoms with Crippen molar-refractivity contribution in [2.75, 3.05) is 19.5 Å². The largest absolute Gasteiger partial charge is 0.514 e. The number of para-hydroxylation sites is 1. The van der Waals surface area contributed by atoms with Gasteiger partial charge < -0.3 is 18.8 Å². The number of hydrogen-bond acceptors (Lipinski definition) is 10. The maximum Gasteiger partial charge on any atom is 0.514 e. The first-order chi connectivity index (χ1) is 14.7. The quantitative estimate of drug-likeness (QED) is 0.542. The van der Waals surface area contributed by atoms with E-state index in [0.29, 0.717) is 5.52 Å². The minimum Gasteiger partial charge on any atom is -0.467 e. The predicted molar refractivity (Wildman–Crippen MR) is 106 cm³/mol. The SMILES string of the molecule is COC(=O)Oc1c(S(=O)(=O)NC(=O)Nc2nc(C)nc(OC)n2)c2ccccc2n1C. The van der Waals surface area contributed by atoms with Crippen molar-refractivity contribution in [1.29, 1.82) is 0 Å². The zero-order valence-electron chi connectivity index (χ0n) is 16.9. The van der Waals surface area contributed by atoms with Crippen LogP contribution in [0.1, 0.15) is 5.82 Å². The van der Waals surface area contributed by atoms with Crippen molar-refractivity contribution < 1.29 is 32.2 Å². The number of rotatable bonds is 5. The van der Waals surface area contributed by atoms with Gasteiger partial charge in [-0.15, -0.1) is 0 Å². The van der Waals surface area contributed by atoms with Gasteiger partial charge in [0.2, 0.25) is 11.8 Å². The minimum absolute atomic E-state index is 0.0616. The molecule has 2 amide bonds. The van der Waals surface area contributed by atoms with Gasteiger partial charge in [0.05, 0.1) is 19.7 Å². The van der Waals surface area contributed by atoms with E-state index in [9.17, 15) is 18.0 Å². The molecule has 2 aromatic heterocycles. The molecule has 0 aliphatic heterocycles. The van der Waals surface area contributed by atoms with Gasteiger partial charge in [-0.1, -0.05) is 18.2 Å². The van der Waals surface area contributed by atoms with Crippen molar-refractivity contribution in [3.63, 3.8) is 0 Å². The fourth-order valence-electron chi connectivity index (χ4n) is 2.73. The number of hydrogen-bond donors (Lipinski definition) is 2. The smallest absolute Gasteiger partial charge is 0.467 e. The summed E-state index contributed by atoms with van der Waals surface area (Å²) in [7, 11) is -0.609. The number of aromatic nitrogens is 4. The first-order valence-corrected chi connectivity index (χ1v) is 10.1. The van der Waals surface area contributed by atoms with E-state index in [4.69, 9.17) is 9.47 Å². The second-order valence-corrected chi connectivity index (χ2v) is 7.64. The summed E-state index contributed by atoms with van der Waals surface area (Å²) in [5, 5.41) is 2.42. The minimum atomic E-state index is -4.51. The molecule has 0 fully saturated rings. The molecule has 0 saturated carbocycles. The van der Waals surface area contributed by atoms with Crippen LogP contribution in [-0.2, 0) is 21.8 Å². The molecule has 2 N–H and O–H groups in total. The number of ether oxygens (including phenoxy) is 3.